The van der Waals surface area contributed by atoms with Gasteiger partial charge in [0.15, 0.2) is 5.65 Å². The highest BCUT2D eigenvalue weighted by Crippen LogP contribution is 2.26. The lowest BCUT2D eigenvalue weighted by Crippen LogP contribution is -2.47. The van der Waals surface area contributed by atoms with Crippen LogP contribution in [0, 0.1) is 0 Å². The highest BCUT2D eigenvalue weighted by molar-refractivity contribution is 5.87. The number of aryl methyl sites for hydroxylation is 3. The summed E-state index contributed by atoms with van der Waals surface area (Å²) in [7, 11) is 1.64. The highest BCUT2D eigenvalue weighted by atomic mass is 16.5. The molecule has 1 fully saturated rings. The predicted octanol–water partition coefficient (Wildman–Crippen LogP) is 1.52. The Labute approximate surface area is 161 Å². The molecule has 3 aromatic rings. The van der Waals surface area contributed by atoms with Gasteiger partial charge in [-0.1, -0.05) is 12.1 Å². The lowest BCUT2D eigenvalue weighted by molar-refractivity contribution is 0.169. The van der Waals surface area contributed by atoms with Gasteiger partial charge in [0.2, 0.25) is 0 Å². The molecule has 0 saturated carbocycles. The minimum absolute atomic E-state index is 0.301. The van der Waals surface area contributed by atoms with Crippen molar-refractivity contribution in [3.8, 4) is 5.75 Å². The third-order valence-electron chi connectivity index (χ3n) is 5.56. The number of aromatic nitrogens is 4. The summed E-state index contributed by atoms with van der Waals surface area (Å²) in [6, 6.07) is 5.95. The molecule has 144 valence electrons. The average Bonchev–Trinajstić information content (AvgIpc) is 3.21. The van der Waals surface area contributed by atoms with Crippen molar-refractivity contribution in [1.29, 1.82) is 0 Å². The number of nitrogens with zero attached hydrogens (tertiary/aromatic N) is 5. The fourth-order valence-electron chi connectivity index (χ4n) is 3.74. The van der Waals surface area contributed by atoms with Gasteiger partial charge in [0.25, 0.3) is 0 Å². The molecule has 0 unspecified atom stereocenters. The van der Waals surface area contributed by atoms with Gasteiger partial charge in [0, 0.05) is 33.0 Å². The third-order valence-corrected chi connectivity index (χ3v) is 5.56. The van der Waals surface area contributed by atoms with Gasteiger partial charge >= 0.3 is 11.7 Å². The van der Waals surface area contributed by atoms with E-state index in [9.17, 15) is 9.59 Å². The minimum atomic E-state index is -0.378. The first-order valence-electron chi connectivity index (χ1n) is 9.59. The van der Waals surface area contributed by atoms with Gasteiger partial charge in [-0.3, -0.25) is 4.57 Å². The van der Waals surface area contributed by atoms with E-state index in [1.165, 1.54) is 20.3 Å². The topological polar surface area (TPSA) is 82.2 Å². The van der Waals surface area contributed by atoms with Crippen molar-refractivity contribution >= 4 is 17.2 Å². The van der Waals surface area contributed by atoms with Crippen LogP contribution < -0.4 is 10.4 Å². The molecule has 2 aliphatic heterocycles. The zero-order chi connectivity index (χ0) is 19.3. The SMILES string of the molecule is Cn1c(=O)n(C(=O)N2CCC2)c2nc(CCc3ccc4c(c3)CCO4)ncc21. The van der Waals surface area contributed by atoms with Gasteiger partial charge in [-0.15, -0.1) is 0 Å². The average molecular weight is 379 g/mol. The summed E-state index contributed by atoms with van der Waals surface area (Å²) < 4.78 is 8.15. The Kier molecular flexibility index (Phi) is 3.92. The molecule has 1 aromatic carbocycles. The number of imidazole rings is 1. The monoisotopic (exact) mass is 379 g/mol. The Balaban J connectivity index is 1.44. The second kappa shape index (κ2) is 6.47. The molecule has 1 amide bonds. The molecular formula is C20H21N5O3. The van der Waals surface area contributed by atoms with Gasteiger partial charge in [0.1, 0.15) is 17.1 Å². The fourth-order valence-corrected chi connectivity index (χ4v) is 3.74. The van der Waals surface area contributed by atoms with E-state index in [4.69, 9.17) is 4.74 Å². The summed E-state index contributed by atoms with van der Waals surface area (Å²) in [6.45, 7) is 2.11. The number of rotatable bonds is 3. The maximum Gasteiger partial charge on any atom is 0.338 e. The number of benzene rings is 1. The largest absolute Gasteiger partial charge is 0.493 e. The summed E-state index contributed by atoms with van der Waals surface area (Å²) in [4.78, 5) is 35.9. The summed E-state index contributed by atoms with van der Waals surface area (Å²) in [5.41, 5.74) is 3.02. The summed E-state index contributed by atoms with van der Waals surface area (Å²) in [5, 5.41) is 0. The Morgan fingerprint density at radius 1 is 1.25 bits per heavy atom. The van der Waals surface area contributed by atoms with Crippen LogP contribution in [0.3, 0.4) is 0 Å². The molecule has 5 rings (SSSR count). The number of amides is 1. The van der Waals surface area contributed by atoms with E-state index in [-0.39, 0.29) is 11.7 Å². The minimum Gasteiger partial charge on any atom is -0.493 e. The summed E-state index contributed by atoms with van der Waals surface area (Å²) in [5.74, 6) is 1.60. The lowest BCUT2D eigenvalue weighted by Gasteiger charge is -2.30. The molecule has 2 aliphatic rings. The maximum absolute atomic E-state index is 12.7. The number of likely N-dealkylation sites (tertiary alicyclic amines) is 1. The fraction of sp³-hybridized carbons (Fsp3) is 0.400. The molecule has 1 saturated heterocycles. The van der Waals surface area contributed by atoms with Crippen molar-refractivity contribution in [2.45, 2.75) is 25.7 Å². The third kappa shape index (κ3) is 2.67. The number of carbonyl (C=O) groups is 1. The molecule has 8 nitrogen and oxygen atoms in total. The Morgan fingerprint density at radius 3 is 2.89 bits per heavy atom. The first-order chi connectivity index (χ1) is 13.6. The first kappa shape index (κ1) is 17.0. The van der Waals surface area contributed by atoms with E-state index in [1.54, 1.807) is 18.1 Å². The smallest absolute Gasteiger partial charge is 0.338 e. The van der Waals surface area contributed by atoms with Crippen LogP contribution in [-0.2, 0) is 26.3 Å². The molecule has 2 aromatic heterocycles. The van der Waals surface area contributed by atoms with E-state index < -0.39 is 0 Å². The number of hydrogen-bond acceptors (Lipinski definition) is 5. The molecular weight excluding hydrogens is 358 g/mol. The molecule has 8 heteroatoms. The Bertz CT molecular complexity index is 1140. The number of hydrogen-bond donors (Lipinski definition) is 0. The number of carbonyl (C=O) groups excluding carboxylic acids is 1. The van der Waals surface area contributed by atoms with Crippen LogP contribution in [0.5, 0.6) is 5.75 Å². The molecule has 4 heterocycles. The second-order valence-corrected chi connectivity index (χ2v) is 7.34. The summed E-state index contributed by atoms with van der Waals surface area (Å²) in [6.07, 6.45) is 4.97. The van der Waals surface area contributed by atoms with Crippen molar-refractivity contribution in [1.82, 2.24) is 24.0 Å². The normalized spacial score (nSPS) is 15.4. The predicted molar refractivity (Wildman–Crippen MR) is 103 cm³/mol. The van der Waals surface area contributed by atoms with Crippen molar-refractivity contribution < 1.29 is 9.53 Å². The van der Waals surface area contributed by atoms with E-state index in [1.807, 2.05) is 6.07 Å². The van der Waals surface area contributed by atoms with Crippen LogP contribution >= 0.6 is 0 Å². The quantitative estimate of drug-likeness (QED) is 0.689. The van der Waals surface area contributed by atoms with E-state index in [0.717, 1.165) is 31.6 Å². The van der Waals surface area contributed by atoms with Crippen molar-refractivity contribution in [3.05, 3.63) is 51.8 Å². The lowest BCUT2D eigenvalue weighted by atomic mass is 10.0. The molecule has 0 radical (unpaired) electrons. The van der Waals surface area contributed by atoms with Crippen LogP contribution in [0.25, 0.3) is 11.2 Å². The van der Waals surface area contributed by atoms with Gasteiger partial charge < -0.3 is 9.64 Å². The van der Waals surface area contributed by atoms with Gasteiger partial charge in [-0.25, -0.2) is 19.6 Å². The zero-order valence-corrected chi connectivity index (χ0v) is 15.7. The van der Waals surface area contributed by atoms with Crippen LogP contribution in [0.1, 0.15) is 23.4 Å². The van der Waals surface area contributed by atoms with Gasteiger partial charge in [0.05, 0.1) is 12.8 Å². The van der Waals surface area contributed by atoms with Gasteiger partial charge in [-0.2, -0.15) is 4.57 Å². The maximum atomic E-state index is 12.7. The molecule has 0 atom stereocenters. The van der Waals surface area contributed by atoms with Crippen LogP contribution in [0.4, 0.5) is 4.79 Å². The second-order valence-electron chi connectivity index (χ2n) is 7.34. The zero-order valence-electron chi connectivity index (χ0n) is 15.7. The molecule has 0 spiro atoms. The van der Waals surface area contributed by atoms with E-state index in [2.05, 4.69) is 22.1 Å². The van der Waals surface area contributed by atoms with E-state index in [0.29, 0.717) is 36.5 Å². The molecule has 0 N–H and O–H groups in total. The highest BCUT2D eigenvalue weighted by Gasteiger charge is 2.27. The number of ether oxygens (including phenoxy) is 1. The molecule has 28 heavy (non-hydrogen) atoms. The Hall–Kier alpha value is -3.16. The van der Waals surface area contributed by atoms with Crippen LogP contribution in [0.15, 0.2) is 29.2 Å². The van der Waals surface area contributed by atoms with Crippen LogP contribution in [0.2, 0.25) is 0 Å². The van der Waals surface area contributed by atoms with Crippen molar-refractivity contribution in [2.75, 3.05) is 19.7 Å². The number of fused-ring (bicyclic) bond motifs is 2. The van der Waals surface area contributed by atoms with E-state index >= 15 is 0 Å². The molecule has 0 aliphatic carbocycles. The first-order valence-corrected chi connectivity index (χ1v) is 9.59. The molecule has 0 bridgehead atoms. The standard InChI is InChI=1S/C20H21N5O3/c1-23-15-12-21-17(6-4-13-3-5-16-14(11-13)7-10-28-16)22-18(15)25(19(23)26)20(27)24-8-2-9-24/h3,5,11-12H,2,4,6-10H2,1H3. The van der Waals surface area contributed by atoms with Crippen molar-refractivity contribution in [2.24, 2.45) is 7.05 Å². The van der Waals surface area contributed by atoms with Crippen molar-refractivity contribution in [3.63, 3.8) is 0 Å². The summed E-state index contributed by atoms with van der Waals surface area (Å²) >= 11 is 0. The van der Waals surface area contributed by atoms with Crippen LogP contribution in [-0.4, -0.2) is 49.7 Å². The Morgan fingerprint density at radius 2 is 2.11 bits per heavy atom. The van der Waals surface area contributed by atoms with Gasteiger partial charge in [-0.05, 0) is 30.0 Å².